The molecular weight excluding hydrogens is 412 g/mol. The first-order valence-electron chi connectivity index (χ1n) is 10.6. The maximum absolute atomic E-state index is 12.1. The molecule has 32 heavy (non-hydrogen) atoms. The summed E-state index contributed by atoms with van der Waals surface area (Å²) in [6, 6.07) is 9.38. The molecule has 1 fully saturated rings. The number of aromatic nitrogens is 3. The van der Waals surface area contributed by atoms with Crippen LogP contribution < -0.4 is 9.64 Å². The second-order valence-electron chi connectivity index (χ2n) is 7.30. The molecule has 0 aliphatic carbocycles. The highest BCUT2D eigenvalue weighted by Crippen LogP contribution is 2.29. The largest absolute Gasteiger partial charge is 0.496 e. The standard InChI is InChI=1S/C23H26N4O5/c1-3-32-21(29)13-20-25-22-17(23(26-20)27-8-10-31-11-9-27)5-6-18(24-22)15-4-7-19(30-2)16(12-15)14-28/h4-7,12,28H,3,8-11,13-14H2,1-2H3. The van der Waals surface area contributed by atoms with Gasteiger partial charge in [0.2, 0.25) is 0 Å². The lowest BCUT2D eigenvalue weighted by atomic mass is 10.1. The number of ether oxygens (including phenoxy) is 3. The van der Waals surface area contributed by atoms with Gasteiger partial charge in [-0.15, -0.1) is 0 Å². The number of benzene rings is 1. The van der Waals surface area contributed by atoms with Crippen LogP contribution in [-0.4, -0.2) is 66.0 Å². The molecule has 1 aliphatic heterocycles. The molecule has 1 saturated heterocycles. The SMILES string of the molecule is CCOC(=O)Cc1nc(N2CCOCC2)c2ccc(-c3ccc(OC)c(CO)c3)nc2n1. The van der Waals surface area contributed by atoms with Crippen LogP contribution in [0.1, 0.15) is 18.3 Å². The average Bonchev–Trinajstić information content (AvgIpc) is 2.83. The van der Waals surface area contributed by atoms with Crippen molar-refractivity contribution in [3.8, 4) is 17.0 Å². The normalized spacial score (nSPS) is 13.9. The van der Waals surface area contributed by atoms with E-state index in [2.05, 4.69) is 14.9 Å². The summed E-state index contributed by atoms with van der Waals surface area (Å²) < 4.78 is 15.8. The fourth-order valence-electron chi connectivity index (χ4n) is 3.70. The Balaban J connectivity index is 1.79. The number of methoxy groups -OCH3 is 1. The second-order valence-corrected chi connectivity index (χ2v) is 7.30. The summed E-state index contributed by atoms with van der Waals surface area (Å²) in [5.74, 6) is 1.35. The van der Waals surface area contributed by atoms with Crippen molar-refractivity contribution in [2.45, 2.75) is 20.0 Å². The Hall–Kier alpha value is -3.30. The summed E-state index contributed by atoms with van der Waals surface area (Å²) in [5.41, 5.74) is 2.70. The number of nitrogens with zero attached hydrogens (tertiary/aromatic N) is 4. The highest BCUT2D eigenvalue weighted by atomic mass is 16.5. The molecule has 0 amide bonds. The highest BCUT2D eigenvalue weighted by Gasteiger charge is 2.20. The van der Waals surface area contributed by atoms with Crippen LogP contribution in [0.15, 0.2) is 30.3 Å². The molecule has 0 spiro atoms. The number of hydrogen-bond acceptors (Lipinski definition) is 9. The zero-order chi connectivity index (χ0) is 22.5. The zero-order valence-corrected chi connectivity index (χ0v) is 18.2. The van der Waals surface area contributed by atoms with E-state index in [0.29, 0.717) is 61.4 Å². The summed E-state index contributed by atoms with van der Waals surface area (Å²) in [6.45, 7) is 4.55. The average molecular weight is 438 g/mol. The van der Waals surface area contributed by atoms with Crippen molar-refractivity contribution in [1.82, 2.24) is 15.0 Å². The number of aliphatic hydroxyl groups excluding tert-OH is 1. The third-order valence-corrected chi connectivity index (χ3v) is 5.25. The van der Waals surface area contributed by atoms with E-state index in [1.165, 1.54) is 0 Å². The van der Waals surface area contributed by atoms with Crippen LogP contribution in [0.3, 0.4) is 0 Å². The van der Waals surface area contributed by atoms with Crippen molar-refractivity contribution in [2.24, 2.45) is 0 Å². The first-order valence-corrected chi connectivity index (χ1v) is 10.6. The lowest BCUT2D eigenvalue weighted by Crippen LogP contribution is -2.37. The lowest BCUT2D eigenvalue weighted by Gasteiger charge is -2.28. The van der Waals surface area contributed by atoms with E-state index in [0.717, 1.165) is 16.8 Å². The predicted molar refractivity (Wildman–Crippen MR) is 119 cm³/mol. The van der Waals surface area contributed by atoms with Crippen molar-refractivity contribution >= 4 is 22.8 Å². The Morgan fingerprint density at radius 2 is 1.97 bits per heavy atom. The molecule has 0 bridgehead atoms. The molecule has 0 saturated carbocycles. The van der Waals surface area contributed by atoms with Crippen molar-refractivity contribution in [3.05, 3.63) is 41.7 Å². The zero-order valence-electron chi connectivity index (χ0n) is 18.2. The predicted octanol–water partition coefficient (Wildman–Crippen LogP) is 2.13. The van der Waals surface area contributed by atoms with Crippen LogP contribution in [0.2, 0.25) is 0 Å². The number of esters is 1. The fourth-order valence-corrected chi connectivity index (χ4v) is 3.70. The van der Waals surface area contributed by atoms with Crippen LogP contribution in [0.25, 0.3) is 22.3 Å². The number of fused-ring (bicyclic) bond motifs is 1. The number of anilines is 1. The third kappa shape index (κ3) is 4.63. The van der Waals surface area contributed by atoms with Gasteiger partial charge in [-0.2, -0.15) is 0 Å². The van der Waals surface area contributed by atoms with E-state index < -0.39 is 0 Å². The van der Waals surface area contributed by atoms with Gasteiger partial charge in [-0.3, -0.25) is 4.79 Å². The monoisotopic (exact) mass is 438 g/mol. The Bertz CT molecular complexity index is 1110. The topological polar surface area (TPSA) is 107 Å². The van der Waals surface area contributed by atoms with E-state index in [1.807, 2.05) is 24.3 Å². The Labute approximate surface area is 186 Å². The number of rotatable bonds is 7. The van der Waals surface area contributed by atoms with Crippen LogP contribution >= 0.6 is 0 Å². The van der Waals surface area contributed by atoms with E-state index in [4.69, 9.17) is 19.2 Å². The third-order valence-electron chi connectivity index (χ3n) is 5.25. The Morgan fingerprint density at radius 3 is 2.69 bits per heavy atom. The number of pyridine rings is 1. The molecule has 1 aliphatic rings. The minimum atomic E-state index is -0.376. The highest BCUT2D eigenvalue weighted by molar-refractivity contribution is 5.89. The van der Waals surface area contributed by atoms with Crippen LogP contribution in [0.5, 0.6) is 5.75 Å². The van der Waals surface area contributed by atoms with E-state index in [9.17, 15) is 9.90 Å². The lowest BCUT2D eigenvalue weighted by molar-refractivity contribution is -0.142. The van der Waals surface area contributed by atoms with Gasteiger partial charge in [-0.25, -0.2) is 15.0 Å². The summed E-state index contributed by atoms with van der Waals surface area (Å²) in [5, 5.41) is 10.5. The molecule has 4 rings (SSSR count). The van der Waals surface area contributed by atoms with Gasteiger partial charge in [0.25, 0.3) is 0 Å². The first-order chi connectivity index (χ1) is 15.6. The van der Waals surface area contributed by atoms with Crippen LogP contribution in [0, 0.1) is 0 Å². The molecule has 3 heterocycles. The first kappa shape index (κ1) is 21.9. The van der Waals surface area contributed by atoms with E-state index in [-0.39, 0.29) is 19.0 Å². The molecule has 0 radical (unpaired) electrons. The molecule has 2 aromatic heterocycles. The summed E-state index contributed by atoms with van der Waals surface area (Å²) in [7, 11) is 1.57. The summed E-state index contributed by atoms with van der Waals surface area (Å²) in [6.07, 6.45) is -0.0236. The molecular formula is C23H26N4O5. The van der Waals surface area contributed by atoms with Gasteiger partial charge >= 0.3 is 5.97 Å². The molecule has 0 atom stereocenters. The molecule has 9 heteroatoms. The van der Waals surface area contributed by atoms with Gasteiger partial charge in [-0.1, -0.05) is 0 Å². The van der Waals surface area contributed by atoms with Crippen LogP contribution in [0.4, 0.5) is 5.82 Å². The Morgan fingerprint density at radius 1 is 1.16 bits per heavy atom. The minimum Gasteiger partial charge on any atom is -0.496 e. The summed E-state index contributed by atoms with van der Waals surface area (Å²) >= 11 is 0. The minimum absolute atomic E-state index is 0.0236. The van der Waals surface area contributed by atoms with E-state index in [1.54, 1.807) is 20.1 Å². The second kappa shape index (κ2) is 9.88. The van der Waals surface area contributed by atoms with Crippen LogP contribution in [-0.2, 0) is 27.3 Å². The number of hydrogen-bond donors (Lipinski definition) is 1. The van der Waals surface area contributed by atoms with Crippen molar-refractivity contribution < 1.29 is 24.1 Å². The maximum atomic E-state index is 12.1. The van der Waals surface area contributed by atoms with Gasteiger partial charge in [0.05, 0.1) is 44.6 Å². The number of carbonyl (C=O) groups excluding carboxylic acids is 1. The Kier molecular flexibility index (Phi) is 6.77. The van der Waals surface area contributed by atoms with Crippen molar-refractivity contribution in [2.75, 3.05) is 44.9 Å². The van der Waals surface area contributed by atoms with Gasteiger partial charge in [0, 0.05) is 24.2 Å². The number of carbonyl (C=O) groups is 1. The van der Waals surface area contributed by atoms with E-state index >= 15 is 0 Å². The van der Waals surface area contributed by atoms with Crippen molar-refractivity contribution in [1.29, 1.82) is 0 Å². The molecule has 9 nitrogen and oxygen atoms in total. The van der Waals surface area contributed by atoms with Gasteiger partial charge in [-0.05, 0) is 37.3 Å². The fraction of sp³-hybridized carbons (Fsp3) is 0.391. The number of morpholine rings is 1. The molecule has 1 aromatic carbocycles. The van der Waals surface area contributed by atoms with Gasteiger partial charge in [0.15, 0.2) is 5.65 Å². The quantitative estimate of drug-likeness (QED) is 0.555. The van der Waals surface area contributed by atoms with Gasteiger partial charge < -0.3 is 24.2 Å². The molecule has 3 aromatic rings. The smallest absolute Gasteiger partial charge is 0.313 e. The maximum Gasteiger partial charge on any atom is 0.313 e. The molecule has 168 valence electrons. The van der Waals surface area contributed by atoms with Gasteiger partial charge in [0.1, 0.15) is 23.8 Å². The molecule has 1 N–H and O–H groups in total. The molecule has 0 unspecified atom stereocenters. The number of aliphatic hydroxyl groups is 1. The van der Waals surface area contributed by atoms with Crippen molar-refractivity contribution in [3.63, 3.8) is 0 Å². The summed E-state index contributed by atoms with van der Waals surface area (Å²) in [4.78, 5) is 28.2.